The molecule has 3 heterocycles. The minimum atomic E-state index is -0.174. The molecule has 37 heavy (non-hydrogen) atoms. The summed E-state index contributed by atoms with van der Waals surface area (Å²) in [7, 11) is 2.16. The molecule has 0 saturated carbocycles. The Labute approximate surface area is 215 Å². The highest BCUT2D eigenvalue weighted by Gasteiger charge is 2.15. The van der Waals surface area contributed by atoms with Crippen molar-refractivity contribution in [2.24, 2.45) is 0 Å². The van der Waals surface area contributed by atoms with Gasteiger partial charge < -0.3 is 25.2 Å². The molecular formula is C26H31N9O2. The van der Waals surface area contributed by atoms with Crippen LogP contribution in [0.5, 0.6) is 5.75 Å². The van der Waals surface area contributed by atoms with Crippen LogP contribution in [0.3, 0.4) is 0 Å². The zero-order valence-corrected chi connectivity index (χ0v) is 21.1. The molecular weight excluding hydrogens is 470 g/mol. The number of carbonyl (C=O) groups is 1. The number of fused-ring (bicyclic) bond motifs is 1. The molecule has 2 aromatic carbocycles. The summed E-state index contributed by atoms with van der Waals surface area (Å²) in [5, 5.41) is 15.4. The number of aromatic nitrogens is 5. The Hall–Kier alpha value is -4.09. The van der Waals surface area contributed by atoms with Crippen LogP contribution < -0.4 is 15.4 Å². The average molecular weight is 502 g/mol. The highest BCUT2D eigenvalue weighted by Crippen LogP contribution is 2.33. The SMILES string of the molecule is CC(=O)Nc1cc2c(Nc3cccc(-n4nccn4)c3)ncnc2cc1OCCCN1CCN(C)CC1. The van der Waals surface area contributed by atoms with Crippen LogP contribution in [0.4, 0.5) is 17.2 Å². The van der Waals surface area contributed by atoms with Crippen molar-refractivity contribution in [2.45, 2.75) is 13.3 Å². The van der Waals surface area contributed by atoms with Gasteiger partial charge >= 0.3 is 0 Å². The first kappa shape index (κ1) is 24.6. The van der Waals surface area contributed by atoms with Crippen LogP contribution >= 0.6 is 0 Å². The number of benzene rings is 2. The highest BCUT2D eigenvalue weighted by atomic mass is 16.5. The van der Waals surface area contributed by atoms with Crippen molar-refractivity contribution in [1.82, 2.24) is 34.8 Å². The zero-order valence-electron chi connectivity index (χ0n) is 21.1. The first-order chi connectivity index (χ1) is 18.0. The van der Waals surface area contributed by atoms with Crippen LogP contribution in [0.2, 0.25) is 0 Å². The number of hydrogen-bond donors (Lipinski definition) is 2. The van der Waals surface area contributed by atoms with Crippen LogP contribution in [-0.2, 0) is 4.79 Å². The molecule has 0 unspecified atom stereocenters. The van der Waals surface area contributed by atoms with E-state index >= 15 is 0 Å². The van der Waals surface area contributed by atoms with E-state index in [9.17, 15) is 4.79 Å². The van der Waals surface area contributed by atoms with Gasteiger partial charge in [-0.25, -0.2) is 9.97 Å². The molecule has 1 amide bonds. The van der Waals surface area contributed by atoms with E-state index in [-0.39, 0.29) is 5.91 Å². The summed E-state index contributed by atoms with van der Waals surface area (Å²) in [4.78, 5) is 27.2. The summed E-state index contributed by atoms with van der Waals surface area (Å²) in [5.41, 5.74) is 2.94. The van der Waals surface area contributed by atoms with Gasteiger partial charge in [0.1, 0.15) is 17.9 Å². The molecule has 1 saturated heterocycles. The Bertz CT molecular complexity index is 1350. The molecule has 0 atom stereocenters. The Balaban J connectivity index is 1.33. The van der Waals surface area contributed by atoms with Gasteiger partial charge in [0.2, 0.25) is 5.91 Å². The monoisotopic (exact) mass is 501 g/mol. The fourth-order valence-electron chi connectivity index (χ4n) is 4.33. The summed E-state index contributed by atoms with van der Waals surface area (Å²) in [5.74, 6) is 1.04. The first-order valence-corrected chi connectivity index (χ1v) is 12.4. The summed E-state index contributed by atoms with van der Waals surface area (Å²) >= 11 is 0. The molecule has 4 aromatic rings. The van der Waals surface area contributed by atoms with E-state index in [2.05, 4.69) is 47.6 Å². The number of nitrogens with one attached hydrogen (secondary N) is 2. The third kappa shape index (κ3) is 6.19. The molecule has 11 nitrogen and oxygen atoms in total. The van der Waals surface area contributed by atoms with Crippen molar-refractivity contribution in [3.8, 4) is 11.4 Å². The minimum absolute atomic E-state index is 0.174. The number of amides is 1. The molecule has 1 aliphatic heterocycles. The Kier molecular flexibility index (Phi) is 7.52. The number of carbonyl (C=O) groups excluding carboxylic acids is 1. The molecule has 0 radical (unpaired) electrons. The van der Waals surface area contributed by atoms with E-state index in [1.807, 2.05) is 36.4 Å². The van der Waals surface area contributed by atoms with Gasteiger partial charge in [0.05, 0.1) is 35.9 Å². The molecule has 1 fully saturated rings. The van der Waals surface area contributed by atoms with E-state index in [4.69, 9.17) is 4.74 Å². The second kappa shape index (κ2) is 11.3. The number of piperazine rings is 1. The normalized spacial score (nSPS) is 14.5. The van der Waals surface area contributed by atoms with Crippen molar-refractivity contribution < 1.29 is 9.53 Å². The molecule has 0 bridgehead atoms. The Morgan fingerprint density at radius 1 is 1.05 bits per heavy atom. The number of anilines is 3. The minimum Gasteiger partial charge on any atom is -0.491 e. The maximum Gasteiger partial charge on any atom is 0.221 e. The lowest BCUT2D eigenvalue weighted by Crippen LogP contribution is -2.44. The van der Waals surface area contributed by atoms with Gasteiger partial charge in [-0.1, -0.05) is 6.07 Å². The summed E-state index contributed by atoms with van der Waals surface area (Å²) in [6, 6.07) is 11.4. The van der Waals surface area contributed by atoms with Crippen LogP contribution in [0, 0.1) is 0 Å². The first-order valence-electron chi connectivity index (χ1n) is 12.4. The number of likely N-dealkylation sites (N-methyl/N-ethyl adjacent to an activating group) is 1. The predicted molar refractivity (Wildman–Crippen MR) is 143 cm³/mol. The van der Waals surface area contributed by atoms with Crippen molar-refractivity contribution in [2.75, 3.05) is 57.0 Å². The summed E-state index contributed by atoms with van der Waals surface area (Å²) in [6.07, 6.45) is 5.68. The second-order valence-corrected chi connectivity index (χ2v) is 9.11. The van der Waals surface area contributed by atoms with Crippen LogP contribution in [-0.4, -0.2) is 87.0 Å². The van der Waals surface area contributed by atoms with Gasteiger partial charge in [0, 0.05) is 56.8 Å². The maximum atomic E-state index is 12.0. The molecule has 0 spiro atoms. The quantitative estimate of drug-likeness (QED) is 0.334. The summed E-state index contributed by atoms with van der Waals surface area (Å²) < 4.78 is 6.12. The van der Waals surface area contributed by atoms with Gasteiger partial charge in [-0.05, 0) is 37.7 Å². The third-order valence-corrected chi connectivity index (χ3v) is 6.28. The number of hydrogen-bond acceptors (Lipinski definition) is 9. The standard InChI is InChI=1S/C26H31N9O2/c1-19(36)31-24-16-22-23(17-25(24)37-14-4-9-34-12-10-33(2)11-13-34)27-18-28-26(22)32-20-5-3-6-21(15-20)35-29-7-8-30-35/h3,5-8,15-18H,4,9-14H2,1-2H3,(H,31,36)(H,27,28,32). The Morgan fingerprint density at radius 2 is 1.86 bits per heavy atom. The lowest BCUT2D eigenvalue weighted by atomic mass is 10.1. The third-order valence-electron chi connectivity index (χ3n) is 6.28. The smallest absolute Gasteiger partial charge is 0.221 e. The molecule has 192 valence electrons. The lowest BCUT2D eigenvalue weighted by molar-refractivity contribution is -0.114. The van der Waals surface area contributed by atoms with Crippen LogP contribution in [0.25, 0.3) is 16.6 Å². The average Bonchev–Trinajstić information content (AvgIpc) is 3.43. The molecule has 2 aromatic heterocycles. The van der Waals surface area contributed by atoms with Gasteiger partial charge in [0.15, 0.2) is 0 Å². The van der Waals surface area contributed by atoms with Gasteiger partial charge in [0.25, 0.3) is 0 Å². The molecule has 11 heteroatoms. The molecule has 1 aliphatic rings. The van der Waals surface area contributed by atoms with Crippen LogP contribution in [0.1, 0.15) is 13.3 Å². The lowest BCUT2D eigenvalue weighted by Gasteiger charge is -2.32. The van der Waals surface area contributed by atoms with Crippen molar-refractivity contribution >= 4 is 34.0 Å². The highest BCUT2D eigenvalue weighted by molar-refractivity contribution is 5.99. The van der Waals surface area contributed by atoms with E-state index in [0.29, 0.717) is 29.4 Å². The van der Waals surface area contributed by atoms with E-state index < -0.39 is 0 Å². The van der Waals surface area contributed by atoms with E-state index in [0.717, 1.165) is 55.9 Å². The van der Waals surface area contributed by atoms with E-state index in [1.165, 1.54) is 13.3 Å². The van der Waals surface area contributed by atoms with Gasteiger partial charge in [-0.2, -0.15) is 15.0 Å². The second-order valence-electron chi connectivity index (χ2n) is 9.11. The fourth-order valence-corrected chi connectivity index (χ4v) is 4.33. The van der Waals surface area contributed by atoms with Crippen molar-refractivity contribution in [3.63, 3.8) is 0 Å². The topological polar surface area (TPSA) is 113 Å². The predicted octanol–water partition coefficient (Wildman–Crippen LogP) is 2.93. The number of rotatable bonds is 9. The van der Waals surface area contributed by atoms with Gasteiger partial charge in [-0.15, -0.1) is 0 Å². The largest absolute Gasteiger partial charge is 0.491 e. The van der Waals surface area contributed by atoms with Crippen molar-refractivity contribution in [3.05, 3.63) is 55.1 Å². The molecule has 5 rings (SSSR count). The molecule has 0 aliphatic carbocycles. The fraction of sp³-hybridized carbons (Fsp3) is 0.346. The zero-order chi connectivity index (χ0) is 25.6. The van der Waals surface area contributed by atoms with E-state index in [1.54, 1.807) is 17.2 Å². The number of ether oxygens (including phenoxy) is 1. The number of nitrogens with zero attached hydrogens (tertiary/aromatic N) is 7. The Morgan fingerprint density at radius 3 is 2.65 bits per heavy atom. The maximum absolute atomic E-state index is 12.0. The van der Waals surface area contributed by atoms with Crippen LogP contribution in [0.15, 0.2) is 55.1 Å². The molecule has 2 N–H and O–H groups in total. The van der Waals surface area contributed by atoms with Gasteiger partial charge in [-0.3, -0.25) is 4.79 Å². The van der Waals surface area contributed by atoms with Crippen molar-refractivity contribution in [1.29, 1.82) is 0 Å². The summed E-state index contributed by atoms with van der Waals surface area (Å²) in [6.45, 7) is 7.37.